The summed E-state index contributed by atoms with van der Waals surface area (Å²) in [6.07, 6.45) is 1.22. The number of aliphatic carboxylic acids is 1. The van der Waals surface area contributed by atoms with Crippen LogP contribution in [0.2, 0.25) is 0 Å². The van der Waals surface area contributed by atoms with Crippen LogP contribution in [-0.2, 0) is 16.6 Å². The maximum absolute atomic E-state index is 12.5. The van der Waals surface area contributed by atoms with Crippen molar-refractivity contribution < 1.29 is 14.7 Å². The Morgan fingerprint density at radius 1 is 1.00 bits per heavy atom. The Morgan fingerprint density at radius 3 is 2.38 bits per heavy atom. The lowest BCUT2D eigenvalue weighted by Crippen LogP contribution is -2.36. The van der Waals surface area contributed by atoms with E-state index in [0.717, 1.165) is 11.1 Å². The van der Waals surface area contributed by atoms with Crippen molar-refractivity contribution in [3.8, 4) is 0 Å². The second-order valence-corrected chi connectivity index (χ2v) is 5.51. The number of aryl methyl sites for hydroxylation is 1. The van der Waals surface area contributed by atoms with E-state index in [-0.39, 0.29) is 12.2 Å². The SMILES string of the molecule is O=C(CC1(C(=O)O)CCc2ccccc21)c1ccccc1. The minimum atomic E-state index is -1.08. The molecule has 0 amide bonds. The van der Waals surface area contributed by atoms with Crippen LogP contribution in [0.5, 0.6) is 0 Å². The number of Topliss-reactive ketones (excluding diaryl/α,β-unsaturated/α-hetero) is 1. The lowest BCUT2D eigenvalue weighted by molar-refractivity contribution is -0.143. The maximum atomic E-state index is 12.5. The molecule has 0 radical (unpaired) electrons. The highest BCUT2D eigenvalue weighted by Crippen LogP contribution is 2.42. The van der Waals surface area contributed by atoms with Gasteiger partial charge in [-0.05, 0) is 24.0 Å². The van der Waals surface area contributed by atoms with Gasteiger partial charge in [-0.1, -0.05) is 54.6 Å². The van der Waals surface area contributed by atoms with Crippen molar-refractivity contribution in [2.24, 2.45) is 0 Å². The molecule has 3 rings (SSSR count). The number of rotatable bonds is 4. The van der Waals surface area contributed by atoms with Crippen LogP contribution < -0.4 is 0 Å². The third-order valence-electron chi connectivity index (χ3n) is 4.32. The molecule has 2 aromatic rings. The largest absolute Gasteiger partial charge is 0.481 e. The lowest BCUT2D eigenvalue weighted by Gasteiger charge is -2.24. The van der Waals surface area contributed by atoms with Crippen LogP contribution in [0.25, 0.3) is 0 Å². The third-order valence-corrected chi connectivity index (χ3v) is 4.32. The Balaban J connectivity index is 1.98. The van der Waals surface area contributed by atoms with Crippen molar-refractivity contribution in [2.75, 3.05) is 0 Å². The fourth-order valence-corrected chi connectivity index (χ4v) is 3.17. The lowest BCUT2D eigenvalue weighted by atomic mass is 9.76. The maximum Gasteiger partial charge on any atom is 0.314 e. The van der Waals surface area contributed by atoms with Gasteiger partial charge in [0.2, 0.25) is 0 Å². The molecule has 1 unspecified atom stereocenters. The van der Waals surface area contributed by atoms with Crippen LogP contribution in [0.3, 0.4) is 0 Å². The third kappa shape index (κ3) is 2.25. The molecule has 21 heavy (non-hydrogen) atoms. The number of hydrogen-bond acceptors (Lipinski definition) is 2. The van der Waals surface area contributed by atoms with E-state index in [1.807, 2.05) is 30.3 Å². The van der Waals surface area contributed by atoms with E-state index < -0.39 is 11.4 Å². The number of ketones is 1. The van der Waals surface area contributed by atoms with E-state index >= 15 is 0 Å². The summed E-state index contributed by atoms with van der Waals surface area (Å²) in [5.74, 6) is -1.02. The molecule has 0 fully saturated rings. The van der Waals surface area contributed by atoms with Gasteiger partial charge >= 0.3 is 5.97 Å². The standard InChI is InChI=1S/C18H16O3/c19-16(14-7-2-1-3-8-14)12-18(17(20)21)11-10-13-6-4-5-9-15(13)18/h1-9H,10-12H2,(H,20,21). The summed E-state index contributed by atoms with van der Waals surface area (Å²) in [5.41, 5.74) is 1.33. The van der Waals surface area contributed by atoms with Gasteiger partial charge in [0.1, 0.15) is 5.41 Å². The molecule has 0 saturated carbocycles. The number of benzene rings is 2. The van der Waals surface area contributed by atoms with Gasteiger partial charge in [0.15, 0.2) is 5.78 Å². The molecule has 0 heterocycles. The molecule has 106 valence electrons. The Kier molecular flexibility index (Phi) is 3.34. The van der Waals surface area contributed by atoms with E-state index in [1.54, 1.807) is 24.3 Å². The highest BCUT2D eigenvalue weighted by atomic mass is 16.4. The number of carbonyl (C=O) groups excluding carboxylic acids is 1. The van der Waals surface area contributed by atoms with Crippen LogP contribution >= 0.6 is 0 Å². The van der Waals surface area contributed by atoms with Crippen molar-refractivity contribution in [3.05, 3.63) is 71.3 Å². The minimum Gasteiger partial charge on any atom is -0.481 e. The molecule has 1 aliphatic carbocycles. The van der Waals surface area contributed by atoms with Gasteiger partial charge in [0.05, 0.1) is 0 Å². The number of carbonyl (C=O) groups is 2. The van der Waals surface area contributed by atoms with Crippen LogP contribution in [0.15, 0.2) is 54.6 Å². The molecule has 0 spiro atoms. The van der Waals surface area contributed by atoms with Gasteiger partial charge in [-0.2, -0.15) is 0 Å². The van der Waals surface area contributed by atoms with Gasteiger partial charge < -0.3 is 5.11 Å². The highest BCUT2D eigenvalue weighted by Gasteiger charge is 2.46. The van der Waals surface area contributed by atoms with E-state index in [0.29, 0.717) is 18.4 Å². The Hall–Kier alpha value is -2.42. The molecular weight excluding hydrogens is 264 g/mol. The second kappa shape index (κ2) is 5.17. The predicted molar refractivity (Wildman–Crippen MR) is 79.5 cm³/mol. The Morgan fingerprint density at radius 2 is 1.67 bits per heavy atom. The predicted octanol–water partition coefficient (Wildman–Crippen LogP) is 3.23. The average molecular weight is 280 g/mol. The van der Waals surface area contributed by atoms with Gasteiger partial charge in [-0.15, -0.1) is 0 Å². The summed E-state index contributed by atoms with van der Waals surface area (Å²) >= 11 is 0. The average Bonchev–Trinajstić information content (AvgIpc) is 2.88. The van der Waals surface area contributed by atoms with Crippen LogP contribution in [0, 0.1) is 0 Å². The zero-order chi connectivity index (χ0) is 14.9. The zero-order valence-electron chi connectivity index (χ0n) is 11.6. The summed E-state index contributed by atoms with van der Waals surface area (Å²) in [6.45, 7) is 0. The fraction of sp³-hybridized carbons (Fsp3) is 0.222. The highest BCUT2D eigenvalue weighted by molar-refractivity contribution is 6.00. The van der Waals surface area contributed by atoms with Crippen molar-refractivity contribution in [3.63, 3.8) is 0 Å². The second-order valence-electron chi connectivity index (χ2n) is 5.51. The van der Waals surface area contributed by atoms with Crippen LogP contribution in [0.4, 0.5) is 0 Å². The number of fused-ring (bicyclic) bond motifs is 1. The van der Waals surface area contributed by atoms with Crippen molar-refractivity contribution in [1.29, 1.82) is 0 Å². The molecule has 0 saturated heterocycles. The Labute approximate surface area is 123 Å². The van der Waals surface area contributed by atoms with E-state index in [2.05, 4.69) is 0 Å². The molecule has 1 aliphatic rings. The molecule has 3 heteroatoms. The summed E-state index contributed by atoms with van der Waals surface area (Å²) in [7, 11) is 0. The quantitative estimate of drug-likeness (QED) is 0.875. The summed E-state index contributed by atoms with van der Waals surface area (Å²) in [4.78, 5) is 24.4. The van der Waals surface area contributed by atoms with Crippen molar-refractivity contribution in [1.82, 2.24) is 0 Å². The van der Waals surface area contributed by atoms with Crippen LogP contribution in [0.1, 0.15) is 34.3 Å². The molecule has 0 aliphatic heterocycles. The summed E-state index contributed by atoms with van der Waals surface area (Å²) in [5, 5.41) is 9.75. The molecule has 3 nitrogen and oxygen atoms in total. The van der Waals surface area contributed by atoms with Crippen molar-refractivity contribution >= 4 is 11.8 Å². The smallest absolute Gasteiger partial charge is 0.314 e. The van der Waals surface area contributed by atoms with Gasteiger partial charge in [0, 0.05) is 12.0 Å². The normalized spacial score (nSPS) is 20.0. The number of carboxylic acid groups (broad SMARTS) is 1. The molecule has 0 bridgehead atoms. The zero-order valence-corrected chi connectivity index (χ0v) is 11.6. The van der Waals surface area contributed by atoms with E-state index in [1.165, 1.54) is 0 Å². The first-order chi connectivity index (χ1) is 10.1. The number of hydrogen-bond donors (Lipinski definition) is 1. The molecule has 1 N–H and O–H groups in total. The molecule has 0 aromatic heterocycles. The van der Waals surface area contributed by atoms with Gasteiger partial charge in [-0.25, -0.2) is 0 Å². The van der Waals surface area contributed by atoms with Gasteiger partial charge in [-0.3, -0.25) is 9.59 Å². The fourth-order valence-electron chi connectivity index (χ4n) is 3.17. The van der Waals surface area contributed by atoms with E-state index in [4.69, 9.17) is 0 Å². The first-order valence-corrected chi connectivity index (χ1v) is 7.03. The first kappa shape index (κ1) is 13.6. The molecular formula is C18H16O3. The Bertz CT molecular complexity index is 691. The summed E-state index contributed by atoms with van der Waals surface area (Å²) in [6, 6.07) is 16.4. The minimum absolute atomic E-state index is 0.0172. The van der Waals surface area contributed by atoms with E-state index in [9.17, 15) is 14.7 Å². The van der Waals surface area contributed by atoms with Crippen LogP contribution in [-0.4, -0.2) is 16.9 Å². The van der Waals surface area contributed by atoms with Crippen molar-refractivity contribution in [2.45, 2.75) is 24.7 Å². The first-order valence-electron chi connectivity index (χ1n) is 7.03. The monoisotopic (exact) mass is 280 g/mol. The molecule has 1 atom stereocenters. The summed E-state index contributed by atoms with van der Waals surface area (Å²) < 4.78 is 0. The topological polar surface area (TPSA) is 54.4 Å². The molecule has 2 aromatic carbocycles. The number of carboxylic acids is 1. The van der Waals surface area contributed by atoms with Gasteiger partial charge in [0.25, 0.3) is 0 Å².